The Balaban J connectivity index is 0.00000288. The predicted molar refractivity (Wildman–Crippen MR) is 99.6 cm³/mol. The Morgan fingerprint density at radius 3 is 2.00 bits per heavy atom. The van der Waals surface area contributed by atoms with Gasteiger partial charge in [-0.25, -0.2) is 0 Å². The summed E-state index contributed by atoms with van der Waals surface area (Å²) in [5, 5.41) is 0. The van der Waals surface area contributed by atoms with E-state index in [-0.39, 0.29) is 24.0 Å². The van der Waals surface area contributed by atoms with Gasteiger partial charge in [-0.05, 0) is 48.9 Å². The Labute approximate surface area is 168 Å². The summed E-state index contributed by atoms with van der Waals surface area (Å²) in [6, 6.07) is 0. The van der Waals surface area contributed by atoms with Crippen LogP contribution in [0.5, 0.6) is 0 Å². The third-order valence-corrected chi connectivity index (χ3v) is 7.77. The van der Waals surface area contributed by atoms with Gasteiger partial charge in [-0.3, -0.25) is 0 Å². The molecule has 0 aromatic carbocycles. The van der Waals surface area contributed by atoms with Gasteiger partial charge in [-0.1, -0.05) is 47.5 Å². The second-order valence-electron chi connectivity index (χ2n) is 9.47. The highest BCUT2D eigenvalue weighted by Gasteiger charge is 2.61. The zero-order chi connectivity index (χ0) is 17.1. The summed E-state index contributed by atoms with van der Waals surface area (Å²) < 4.78 is 7.72. The van der Waals surface area contributed by atoms with E-state index in [1.807, 2.05) is 0 Å². The van der Waals surface area contributed by atoms with Crippen molar-refractivity contribution in [2.45, 2.75) is 85.7 Å². The molecule has 2 aliphatic carbocycles. The molecule has 0 radical (unpaired) electrons. The first-order valence-electron chi connectivity index (χ1n) is 10.2. The van der Waals surface area contributed by atoms with Crippen LogP contribution in [0.1, 0.15) is 79.6 Å². The highest BCUT2D eigenvalue weighted by molar-refractivity contribution is 5.11. The van der Waals surface area contributed by atoms with E-state index in [4.69, 9.17) is 4.74 Å². The van der Waals surface area contributed by atoms with E-state index in [0.717, 1.165) is 12.5 Å². The molecule has 0 N–H and O–H groups in total. The van der Waals surface area contributed by atoms with Crippen molar-refractivity contribution in [3.05, 3.63) is 0 Å². The Morgan fingerprint density at radius 2 is 1.58 bits per heavy atom. The van der Waals surface area contributed by atoms with Gasteiger partial charge in [0.05, 0.1) is 32.8 Å². The normalized spacial score (nSPS) is 31.2. The van der Waals surface area contributed by atoms with Crippen LogP contribution in [0.25, 0.3) is 0 Å². The molecule has 0 amide bonds. The Morgan fingerprint density at radius 1 is 1.00 bits per heavy atom. The summed E-state index contributed by atoms with van der Waals surface area (Å²) in [5.41, 5.74) is 0.883. The third kappa shape index (κ3) is 4.49. The van der Waals surface area contributed by atoms with E-state index in [1.54, 1.807) is 0 Å². The molecule has 0 aromatic rings. The number of hydrogen-bond donors (Lipinski definition) is 0. The van der Waals surface area contributed by atoms with Crippen molar-refractivity contribution >= 4 is 0 Å². The van der Waals surface area contributed by atoms with E-state index in [1.165, 1.54) is 69.1 Å². The highest BCUT2D eigenvalue weighted by Crippen LogP contribution is 2.66. The topological polar surface area (TPSA) is 9.23 Å². The summed E-state index contributed by atoms with van der Waals surface area (Å²) in [7, 11) is 2.45. The molecule has 0 aliphatic heterocycles. The molecule has 0 saturated heterocycles. The van der Waals surface area contributed by atoms with Crippen LogP contribution in [-0.4, -0.2) is 43.9 Å². The second kappa shape index (κ2) is 9.03. The van der Waals surface area contributed by atoms with Crippen molar-refractivity contribution in [2.75, 3.05) is 33.3 Å². The summed E-state index contributed by atoms with van der Waals surface area (Å²) in [5.74, 6) is 0.888. The molecule has 2 aliphatic rings. The zero-order valence-corrected chi connectivity index (χ0v) is 19.3. The maximum absolute atomic E-state index is 6.52. The van der Waals surface area contributed by atoms with E-state index in [9.17, 15) is 0 Å². The molecule has 2 bridgehead atoms. The van der Waals surface area contributed by atoms with Crippen LogP contribution in [0.2, 0.25) is 0 Å². The molecule has 0 heterocycles. The smallest absolute Gasteiger partial charge is 0.102 e. The lowest BCUT2D eigenvalue weighted by atomic mass is 9.70. The SMILES string of the molecule is CCCC[N+](C)(CCCC)CCOC1CC2CCC1(C)C2(C)C.[I-]. The number of fused-ring (bicyclic) bond motifs is 2. The lowest BCUT2D eigenvalue weighted by molar-refractivity contribution is -0.910. The molecular formula is C21H42INO. The van der Waals surface area contributed by atoms with Crippen LogP contribution in [0.15, 0.2) is 0 Å². The fourth-order valence-corrected chi connectivity index (χ4v) is 5.21. The summed E-state index contributed by atoms with van der Waals surface area (Å²) in [6.45, 7) is 16.8. The summed E-state index contributed by atoms with van der Waals surface area (Å²) in [4.78, 5) is 0. The second-order valence-corrected chi connectivity index (χ2v) is 9.47. The predicted octanol–water partition coefficient (Wildman–Crippen LogP) is 2.27. The molecule has 3 unspecified atom stereocenters. The van der Waals surface area contributed by atoms with Crippen molar-refractivity contribution in [2.24, 2.45) is 16.7 Å². The van der Waals surface area contributed by atoms with E-state index >= 15 is 0 Å². The lowest BCUT2D eigenvalue weighted by Gasteiger charge is -2.40. The van der Waals surface area contributed by atoms with Crippen LogP contribution in [0.4, 0.5) is 0 Å². The standard InChI is InChI=1S/C21H42NO.HI/c1-7-9-13-22(6,14-10-8-2)15-16-23-19-17-18-11-12-21(19,5)20(18,3)4;/h18-19H,7-17H2,1-6H3;1H/q+1;/p-1. The van der Waals surface area contributed by atoms with E-state index < -0.39 is 0 Å². The first-order chi connectivity index (χ1) is 10.8. The maximum atomic E-state index is 6.52. The third-order valence-electron chi connectivity index (χ3n) is 7.77. The van der Waals surface area contributed by atoms with Gasteiger partial charge in [0.2, 0.25) is 0 Å². The molecule has 2 nitrogen and oxygen atoms in total. The van der Waals surface area contributed by atoms with Gasteiger partial charge in [0.1, 0.15) is 6.54 Å². The molecule has 2 fully saturated rings. The Hall–Kier alpha value is 0.650. The molecule has 2 saturated carbocycles. The van der Waals surface area contributed by atoms with Crippen LogP contribution in [0.3, 0.4) is 0 Å². The quantitative estimate of drug-likeness (QED) is 0.366. The van der Waals surface area contributed by atoms with Crippen molar-refractivity contribution < 1.29 is 33.2 Å². The number of nitrogens with zero attached hydrogens (tertiary/aromatic N) is 1. The number of hydrogen-bond acceptors (Lipinski definition) is 1. The van der Waals surface area contributed by atoms with E-state index in [0.29, 0.717) is 16.9 Å². The minimum absolute atomic E-state index is 0. The average Bonchev–Trinajstić information content (AvgIpc) is 2.84. The minimum atomic E-state index is 0. The number of ether oxygens (including phenoxy) is 1. The van der Waals surface area contributed by atoms with Crippen molar-refractivity contribution in [3.63, 3.8) is 0 Å². The molecule has 24 heavy (non-hydrogen) atoms. The minimum Gasteiger partial charge on any atom is -1.00 e. The molecule has 0 spiro atoms. The average molecular weight is 451 g/mol. The van der Waals surface area contributed by atoms with Crippen LogP contribution in [0, 0.1) is 16.7 Å². The number of rotatable bonds is 10. The van der Waals surface area contributed by atoms with Gasteiger partial charge in [-0.2, -0.15) is 0 Å². The van der Waals surface area contributed by atoms with Gasteiger partial charge in [0, 0.05) is 0 Å². The number of likely N-dealkylation sites (N-methyl/N-ethyl adjacent to an activating group) is 1. The maximum Gasteiger partial charge on any atom is 0.102 e. The van der Waals surface area contributed by atoms with Crippen LogP contribution in [-0.2, 0) is 4.74 Å². The Kier molecular flexibility index (Phi) is 8.54. The molecule has 3 heteroatoms. The van der Waals surface area contributed by atoms with Crippen molar-refractivity contribution in [1.82, 2.24) is 0 Å². The number of unbranched alkanes of at least 4 members (excludes halogenated alkanes) is 2. The van der Waals surface area contributed by atoms with Gasteiger partial charge in [0.25, 0.3) is 0 Å². The van der Waals surface area contributed by atoms with Crippen molar-refractivity contribution in [3.8, 4) is 0 Å². The van der Waals surface area contributed by atoms with E-state index in [2.05, 4.69) is 41.7 Å². The zero-order valence-electron chi connectivity index (χ0n) is 17.2. The Bertz CT molecular complexity index is 376. The first-order valence-corrected chi connectivity index (χ1v) is 10.2. The summed E-state index contributed by atoms with van der Waals surface area (Å²) >= 11 is 0. The first kappa shape index (κ1) is 22.7. The monoisotopic (exact) mass is 451 g/mol. The van der Waals surface area contributed by atoms with Crippen LogP contribution >= 0.6 is 0 Å². The fraction of sp³-hybridized carbons (Fsp3) is 1.00. The highest BCUT2D eigenvalue weighted by atomic mass is 127. The molecule has 0 aromatic heterocycles. The van der Waals surface area contributed by atoms with Gasteiger partial charge in [0.15, 0.2) is 0 Å². The molecule has 3 atom stereocenters. The molecular weight excluding hydrogens is 409 g/mol. The van der Waals surface area contributed by atoms with Crippen LogP contribution < -0.4 is 24.0 Å². The van der Waals surface area contributed by atoms with Gasteiger partial charge < -0.3 is 33.2 Å². The number of quaternary nitrogens is 1. The molecule has 2 rings (SSSR count). The van der Waals surface area contributed by atoms with Gasteiger partial charge >= 0.3 is 0 Å². The lowest BCUT2D eigenvalue weighted by Crippen LogP contribution is -3.00. The number of halogens is 1. The largest absolute Gasteiger partial charge is 1.00 e. The molecule has 144 valence electrons. The summed E-state index contributed by atoms with van der Waals surface area (Å²) in [6.07, 6.45) is 9.89. The van der Waals surface area contributed by atoms with Gasteiger partial charge in [-0.15, -0.1) is 0 Å². The van der Waals surface area contributed by atoms with Crippen molar-refractivity contribution in [1.29, 1.82) is 0 Å². The fourth-order valence-electron chi connectivity index (χ4n) is 5.21.